The van der Waals surface area contributed by atoms with Gasteiger partial charge >= 0.3 is 0 Å². The lowest BCUT2D eigenvalue weighted by Crippen LogP contribution is -1.94. The van der Waals surface area contributed by atoms with Crippen LogP contribution >= 0.6 is 22.6 Å². The van der Waals surface area contributed by atoms with Crippen LogP contribution in [0.1, 0.15) is 11.1 Å². The van der Waals surface area contributed by atoms with Crippen LogP contribution in [-0.4, -0.2) is 5.11 Å². The molecular formula is C8H5FINO. The summed E-state index contributed by atoms with van der Waals surface area (Å²) >= 11 is 1.86. The fourth-order valence-corrected chi connectivity index (χ4v) is 1.64. The molecule has 0 radical (unpaired) electrons. The van der Waals surface area contributed by atoms with Crippen molar-refractivity contribution in [3.05, 3.63) is 32.6 Å². The number of rotatable bonds is 1. The molecule has 0 aromatic heterocycles. The number of hydrogen-bond acceptors (Lipinski definition) is 2. The number of nitriles is 1. The fraction of sp³-hybridized carbons (Fsp3) is 0.125. The van der Waals surface area contributed by atoms with E-state index in [1.807, 2.05) is 28.7 Å². The molecule has 0 unspecified atom stereocenters. The SMILES string of the molecule is N#Cc1c(I)cc(F)cc1CO. The standard InChI is InChI=1S/C8H5FINO/c9-6-1-5(4-12)7(3-11)8(10)2-6/h1-2,12H,4H2. The van der Waals surface area contributed by atoms with Gasteiger partial charge in [-0.15, -0.1) is 0 Å². The van der Waals surface area contributed by atoms with Crippen molar-refractivity contribution in [2.24, 2.45) is 0 Å². The van der Waals surface area contributed by atoms with E-state index in [4.69, 9.17) is 10.4 Å². The Morgan fingerprint density at radius 2 is 2.25 bits per heavy atom. The van der Waals surface area contributed by atoms with E-state index in [-0.39, 0.29) is 6.61 Å². The monoisotopic (exact) mass is 277 g/mol. The van der Waals surface area contributed by atoms with Gasteiger partial charge in [0.05, 0.1) is 12.2 Å². The van der Waals surface area contributed by atoms with Crippen molar-refractivity contribution >= 4 is 22.6 Å². The minimum atomic E-state index is -0.428. The van der Waals surface area contributed by atoms with E-state index >= 15 is 0 Å². The first-order valence-corrected chi connectivity index (χ1v) is 4.25. The summed E-state index contributed by atoms with van der Waals surface area (Å²) in [5.41, 5.74) is 0.682. The number of halogens is 2. The summed E-state index contributed by atoms with van der Waals surface area (Å²) in [5, 5.41) is 17.4. The second kappa shape index (κ2) is 3.83. The Bertz CT molecular complexity index is 346. The van der Waals surface area contributed by atoms with Crippen molar-refractivity contribution in [2.75, 3.05) is 0 Å². The van der Waals surface area contributed by atoms with Crippen molar-refractivity contribution in [2.45, 2.75) is 6.61 Å². The van der Waals surface area contributed by atoms with E-state index in [9.17, 15) is 4.39 Å². The van der Waals surface area contributed by atoms with Gasteiger partial charge in [-0.1, -0.05) is 0 Å². The highest BCUT2D eigenvalue weighted by molar-refractivity contribution is 14.1. The molecule has 1 N–H and O–H groups in total. The Kier molecular flexibility index (Phi) is 3.00. The number of benzene rings is 1. The molecule has 12 heavy (non-hydrogen) atoms. The lowest BCUT2D eigenvalue weighted by atomic mass is 10.1. The van der Waals surface area contributed by atoms with Crippen molar-refractivity contribution in [3.63, 3.8) is 0 Å². The molecule has 0 aliphatic heterocycles. The summed E-state index contributed by atoms with van der Waals surface area (Å²) in [6, 6.07) is 4.34. The molecule has 1 aromatic carbocycles. The van der Waals surface area contributed by atoms with E-state index in [1.54, 1.807) is 0 Å². The number of hydrogen-bond donors (Lipinski definition) is 1. The molecule has 0 saturated heterocycles. The van der Waals surface area contributed by atoms with E-state index in [2.05, 4.69) is 0 Å². The molecule has 1 rings (SSSR count). The van der Waals surface area contributed by atoms with Gasteiger partial charge in [0.1, 0.15) is 11.9 Å². The highest BCUT2D eigenvalue weighted by atomic mass is 127. The van der Waals surface area contributed by atoms with Crippen LogP contribution < -0.4 is 0 Å². The van der Waals surface area contributed by atoms with E-state index in [0.717, 1.165) is 0 Å². The Morgan fingerprint density at radius 1 is 1.58 bits per heavy atom. The van der Waals surface area contributed by atoms with Crippen LogP contribution in [0.5, 0.6) is 0 Å². The summed E-state index contributed by atoms with van der Waals surface area (Å²) in [6.07, 6.45) is 0. The Balaban J connectivity index is 3.36. The number of aliphatic hydroxyl groups excluding tert-OH is 1. The molecule has 0 heterocycles. The third-order valence-electron chi connectivity index (χ3n) is 1.42. The predicted octanol–water partition coefficient (Wildman–Crippen LogP) is 1.79. The van der Waals surface area contributed by atoms with Gasteiger partial charge in [0.15, 0.2) is 0 Å². The average Bonchev–Trinajstić information content (AvgIpc) is 2.03. The van der Waals surface area contributed by atoms with E-state index < -0.39 is 5.82 Å². The zero-order valence-electron chi connectivity index (χ0n) is 6.01. The van der Waals surface area contributed by atoms with Crippen LogP contribution in [0.3, 0.4) is 0 Å². The molecule has 0 atom stereocenters. The van der Waals surface area contributed by atoms with Crippen LogP contribution in [-0.2, 0) is 6.61 Å². The number of nitrogens with zero attached hydrogens (tertiary/aromatic N) is 1. The van der Waals surface area contributed by atoms with E-state index in [1.165, 1.54) is 12.1 Å². The Labute approximate surface area is 82.8 Å². The molecule has 0 fully saturated rings. The van der Waals surface area contributed by atoms with Crippen molar-refractivity contribution < 1.29 is 9.50 Å². The summed E-state index contributed by atoms with van der Waals surface area (Å²) in [7, 11) is 0. The minimum absolute atomic E-state index is 0.309. The van der Waals surface area contributed by atoms with Crippen molar-refractivity contribution in [1.82, 2.24) is 0 Å². The van der Waals surface area contributed by atoms with Crippen LogP contribution in [0.2, 0.25) is 0 Å². The molecule has 2 nitrogen and oxygen atoms in total. The normalized spacial score (nSPS) is 9.50. The van der Waals surface area contributed by atoms with Crippen LogP contribution in [0.15, 0.2) is 12.1 Å². The third-order valence-corrected chi connectivity index (χ3v) is 2.27. The molecular weight excluding hydrogens is 272 g/mol. The van der Waals surface area contributed by atoms with Gasteiger partial charge in [0.2, 0.25) is 0 Å². The first kappa shape index (κ1) is 9.42. The zero-order valence-corrected chi connectivity index (χ0v) is 8.17. The average molecular weight is 277 g/mol. The highest BCUT2D eigenvalue weighted by Crippen LogP contribution is 2.18. The smallest absolute Gasteiger partial charge is 0.124 e. The van der Waals surface area contributed by atoms with Gasteiger partial charge in [-0.05, 0) is 40.3 Å². The van der Waals surface area contributed by atoms with Crippen LogP contribution in [0.4, 0.5) is 4.39 Å². The quantitative estimate of drug-likeness (QED) is 0.795. The van der Waals surface area contributed by atoms with Crippen molar-refractivity contribution in [1.29, 1.82) is 5.26 Å². The molecule has 4 heteroatoms. The topological polar surface area (TPSA) is 44.0 Å². The van der Waals surface area contributed by atoms with E-state index in [0.29, 0.717) is 14.7 Å². The lowest BCUT2D eigenvalue weighted by molar-refractivity contribution is 0.281. The van der Waals surface area contributed by atoms with Gasteiger partial charge in [0, 0.05) is 3.57 Å². The summed E-state index contributed by atoms with van der Waals surface area (Å²) in [6.45, 7) is -0.309. The maximum atomic E-state index is 12.7. The van der Waals surface area contributed by atoms with Gasteiger partial charge in [0.25, 0.3) is 0 Å². The summed E-state index contributed by atoms with van der Waals surface area (Å²) < 4.78 is 13.2. The zero-order chi connectivity index (χ0) is 9.14. The fourth-order valence-electron chi connectivity index (χ4n) is 0.877. The second-order valence-corrected chi connectivity index (χ2v) is 3.35. The molecule has 0 aliphatic rings. The highest BCUT2D eigenvalue weighted by Gasteiger charge is 2.07. The molecule has 0 saturated carbocycles. The Hall–Kier alpha value is -0.670. The maximum absolute atomic E-state index is 12.7. The van der Waals surface area contributed by atoms with Gasteiger partial charge in [-0.2, -0.15) is 5.26 Å². The predicted molar refractivity (Wildman–Crippen MR) is 49.8 cm³/mol. The lowest BCUT2D eigenvalue weighted by Gasteiger charge is -2.01. The van der Waals surface area contributed by atoms with Crippen molar-refractivity contribution in [3.8, 4) is 6.07 Å². The summed E-state index contributed by atoms with van der Waals surface area (Å²) in [4.78, 5) is 0. The van der Waals surface area contributed by atoms with Crippen LogP contribution in [0, 0.1) is 20.7 Å². The summed E-state index contributed by atoms with van der Waals surface area (Å²) in [5.74, 6) is -0.428. The van der Waals surface area contributed by atoms with Crippen LogP contribution in [0.25, 0.3) is 0 Å². The largest absolute Gasteiger partial charge is 0.392 e. The number of aliphatic hydroxyl groups is 1. The minimum Gasteiger partial charge on any atom is -0.392 e. The molecule has 0 spiro atoms. The molecule has 0 aliphatic carbocycles. The maximum Gasteiger partial charge on any atom is 0.124 e. The molecule has 0 bridgehead atoms. The first-order valence-electron chi connectivity index (χ1n) is 3.18. The molecule has 0 amide bonds. The Morgan fingerprint density at radius 3 is 2.75 bits per heavy atom. The third kappa shape index (κ3) is 1.73. The van der Waals surface area contributed by atoms with Gasteiger partial charge < -0.3 is 5.11 Å². The van der Waals surface area contributed by atoms with Gasteiger partial charge in [-0.25, -0.2) is 4.39 Å². The second-order valence-electron chi connectivity index (χ2n) is 2.19. The van der Waals surface area contributed by atoms with Gasteiger partial charge in [-0.3, -0.25) is 0 Å². The first-order chi connectivity index (χ1) is 5.69. The molecule has 62 valence electrons. The molecule has 1 aromatic rings.